The van der Waals surface area contributed by atoms with Crippen molar-refractivity contribution in [2.24, 2.45) is 5.92 Å². The predicted octanol–water partition coefficient (Wildman–Crippen LogP) is 3.17. The van der Waals surface area contributed by atoms with Gasteiger partial charge in [0.05, 0.1) is 5.39 Å². The Morgan fingerprint density at radius 2 is 1.68 bits per heavy atom. The molecule has 0 unspecified atom stereocenters. The van der Waals surface area contributed by atoms with Gasteiger partial charge in [0.1, 0.15) is 22.8 Å². The molecule has 1 aliphatic heterocycles. The molecule has 0 saturated carbocycles. The molecular weight excluding hydrogens is 293 g/mol. The largest absolute Gasteiger partial charge is 0.383 e. The summed E-state index contributed by atoms with van der Waals surface area (Å²) in [7, 11) is 0. The maximum absolute atomic E-state index is 14.8. The van der Waals surface area contributed by atoms with Gasteiger partial charge in [-0.2, -0.15) is 0 Å². The van der Waals surface area contributed by atoms with E-state index >= 15 is 0 Å². The van der Waals surface area contributed by atoms with Crippen LogP contribution in [0.5, 0.6) is 0 Å². The average Bonchev–Trinajstić information content (AvgIpc) is 2.46. The predicted molar refractivity (Wildman–Crippen MR) is 79.2 cm³/mol. The lowest BCUT2D eigenvalue weighted by atomic mass is 9.98. The molecular formula is C15H17F3N4. The quantitative estimate of drug-likeness (QED) is 0.822. The summed E-state index contributed by atoms with van der Waals surface area (Å²) >= 11 is 0. The van der Waals surface area contributed by atoms with E-state index in [1.54, 1.807) is 4.90 Å². The highest BCUT2D eigenvalue weighted by Gasteiger charge is 2.28. The third-order valence-corrected chi connectivity index (χ3v) is 4.18. The molecule has 1 fully saturated rings. The number of rotatable bonds is 1. The molecule has 0 amide bonds. The van der Waals surface area contributed by atoms with Gasteiger partial charge in [-0.1, -0.05) is 6.92 Å². The van der Waals surface area contributed by atoms with Crippen LogP contribution in [-0.2, 0) is 0 Å². The summed E-state index contributed by atoms with van der Waals surface area (Å²) in [6.45, 7) is 4.58. The number of nitrogens with two attached hydrogens (primary N) is 1. The number of nitrogen functional groups attached to an aromatic ring is 1. The zero-order valence-corrected chi connectivity index (χ0v) is 12.5. The Hall–Kier alpha value is -2.05. The van der Waals surface area contributed by atoms with Crippen molar-refractivity contribution in [3.63, 3.8) is 0 Å². The van der Waals surface area contributed by atoms with Crippen LogP contribution in [0, 0.1) is 30.3 Å². The summed E-state index contributed by atoms with van der Waals surface area (Å²) < 4.78 is 43.5. The fraction of sp³-hybridized carbons (Fsp3) is 0.467. The van der Waals surface area contributed by atoms with E-state index < -0.39 is 22.8 Å². The molecule has 3 rings (SSSR count). The van der Waals surface area contributed by atoms with Gasteiger partial charge in [0, 0.05) is 13.1 Å². The van der Waals surface area contributed by atoms with Crippen LogP contribution < -0.4 is 10.6 Å². The van der Waals surface area contributed by atoms with E-state index in [2.05, 4.69) is 16.9 Å². The monoisotopic (exact) mass is 310 g/mol. The number of hydrogen-bond donors (Lipinski definition) is 1. The molecule has 22 heavy (non-hydrogen) atoms. The third kappa shape index (κ3) is 2.24. The minimum atomic E-state index is -1.22. The topological polar surface area (TPSA) is 55.0 Å². The van der Waals surface area contributed by atoms with Crippen molar-refractivity contribution in [3.05, 3.63) is 23.3 Å². The van der Waals surface area contributed by atoms with Gasteiger partial charge in [-0.25, -0.2) is 23.1 Å². The Kier molecular flexibility index (Phi) is 3.58. The number of halogens is 3. The molecule has 0 aliphatic carbocycles. The van der Waals surface area contributed by atoms with Crippen LogP contribution in [-0.4, -0.2) is 23.1 Å². The van der Waals surface area contributed by atoms with Gasteiger partial charge in [-0.05, 0) is 25.7 Å². The van der Waals surface area contributed by atoms with Gasteiger partial charge in [0.15, 0.2) is 17.5 Å². The SMILES string of the molecule is Cc1nc(N)c2c(F)c(F)c(N3CCC(C)CC3)c(F)c2n1. The number of piperidine rings is 1. The molecule has 1 aliphatic rings. The molecule has 2 heterocycles. The number of anilines is 2. The Morgan fingerprint density at radius 1 is 1.05 bits per heavy atom. The lowest BCUT2D eigenvalue weighted by Gasteiger charge is -2.32. The summed E-state index contributed by atoms with van der Waals surface area (Å²) in [5.41, 5.74) is 4.99. The number of benzene rings is 1. The number of hydrogen-bond acceptors (Lipinski definition) is 4. The first-order valence-corrected chi connectivity index (χ1v) is 7.25. The first kappa shape index (κ1) is 14.9. The zero-order valence-electron chi connectivity index (χ0n) is 12.5. The van der Waals surface area contributed by atoms with Crippen molar-refractivity contribution in [1.82, 2.24) is 9.97 Å². The standard InChI is InChI=1S/C15H17F3N4/c1-7-3-5-22(6-4-7)14-11(17)10(16)9-13(12(14)18)20-8(2)21-15(9)19/h7H,3-6H2,1-2H3,(H2,19,20,21). The van der Waals surface area contributed by atoms with Crippen LogP contribution in [0.2, 0.25) is 0 Å². The van der Waals surface area contributed by atoms with Crippen molar-refractivity contribution in [2.75, 3.05) is 23.7 Å². The fourth-order valence-corrected chi connectivity index (χ4v) is 2.90. The van der Waals surface area contributed by atoms with E-state index in [0.29, 0.717) is 19.0 Å². The second-order valence-electron chi connectivity index (χ2n) is 5.84. The molecule has 1 aromatic carbocycles. The minimum Gasteiger partial charge on any atom is -0.383 e. The fourth-order valence-electron chi connectivity index (χ4n) is 2.90. The molecule has 118 valence electrons. The molecule has 0 atom stereocenters. The van der Waals surface area contributed by atoms with Crippen LogP contribution in [0.3, 0.4) is 0 Å². The van der Waals surface area contributed by atoms with Crippen LogP contribution in [0.25, 0.3) is 10.9 Å². The summed E-state index contributed by atoms with van der Waals surface area (Å²) in [4.78, 5) is 9.23. The molecule has 7 heteroatoms. The molecule has 1 saturated heterocycles. The van der Waals surface area contributed by atoms with E-state index in [0.717, 1.165) is 12.8 Å². The smallest absolute Gasteiger partial charge is 0.186 e. The lowest BCUT2D eigenvalue weighted by molar-refractivity contribution is 0.425. The Balaban J connectivity index is 2.23. The second-order valence-corrected chi connectivity index (χ2v) is 5.84. The Bertz CT molecular complexity index is 740. The zero-order chi connectivity index (χ0) is 16.0. The minimum absolute atomic E-state index is 0.216. The van der Waals surface area contributed by atoms with Crippen molar-refractivity contribution < 1.29 is 13.2 Å². The molecule has 2 N–H and O–H groups in total. The van der Waals surface area contributed by atoms with Crippen molar-refractivity contribution in [2.45, 2.75) is 26.7 Å². The summed E-state index contributed by atoms with van der Waals surface area (Å²) in [5.74, 6) is -2.83. The second kappa shape index (κ2) is 5.30. The molecule has 0 radical (unpaired) electrons. The van der Waals surface area contributed by atoms with Crippen molar-refractivity contribution >= 4 is 22.4 Å². The van der Waals surface area contributed by atoms with E-state index in [-0.39, 0.29) is 22.8 Å². The van der Waals surface area contributed by atoms with Crippen LogP contribution >= 0.6 is 0 Å². The van der Waals surface area contributed by atoms with Gasteiger partial charge >= 0.3 is 0 Å². The van der Waals surface area contributed by atoms with Gasteiger partial charge in [-0.3, -0.25) is 0 Å². The van der Waals surface area contributed by atoms with E-state index in [1.807, 2.05) is 0 Å². The van der Waals surface area contributed by atoms with E-state index in [1.165, 1.54) is 6.92 Å². The molecule has 2 aromatic rings. The normalized spacial score (nSPS) is 16.5. The highest BCUT2D eigenvalue weighted by Crippen LogP contribution is 2.36. The van der Waals surface area contributed by atoms with Gasteiger partial charge in [0.2, 0.25) is 0 Å². The molecule has 0 spiro atoms. The van der Waals surface area contributed by atoms with Crippen LogP contribution in [0.4, 0.5) is 24.7 Å². The molecule has 1 aromatic heterocycles. The number of nitrogens with zero attached hydrogens (tertiary/aromatic N) is 3. The van der Waals surface area contributed by atoms with Gasteiger partial charge in [-0.15, -0.1) is 0 Å². The van der Waals surface area contributed by atoms with Gasteiger partial charge in [0.25, 0.3) is 0 Å². The van der Waals surface area contributed by atoms with E-state index in [9.17, 15) is 13.2 Å². The number of aromatic nitrogens is 2. The van der Waals surface area contributed by atoms with Crippen LogP contribution in [0.15, 0.2) is 0 Å². The number of fused-ring (bicyclic) bond motifs is 1. The molecule has 0 bridgehead atoms. The van der Waals surface area contributed by atoms with Crippen molar-refractivity contribution in [1.29, 1.82) is 0 Å². The Labute approximate surface area is 126 Å². The average molecular weight is 310 g/mol. The highest BCUT2D eigenvalue weighted by atomic mass is 19.2. The lowest BCUT2D eigenvalue weighted by Crippen LogP contribution is -2.34. The van der Waals surface area contributed by atoms with Crippen LogP contribution in [0.1, 0.15) is 25.6 Å². The first-order valence-electron chi connectivity index (χ1n) is 7.25. The van der Waals surface area contributed by atoms with E-state index in [4.69, 9.17) is 5.73 Å². The maximum atomic E-state index is 14.8. The highest BCUT2D eigenvalue weighted by molar-refractivity contribution is 5.92. The number of aryl methyl sites for hydroxylation is 1. The summed E-state index contributed by atoms with van der Waals surface area (Å²) in [6, 6.07) is 0. The summed E-state index contributed by atoms with van der Waals surface area (Å²) in [5, 5.41) is -0.394. The van der Waals surface area contributed by atoms with Crippen molar-refractivity contribution in [3.8, 4) is 0 Å². The summed E-state index contributed by atoms with van der Waals surface area (Å²) in [6.07, 6.45) is 1.62. The maximum Gasteiger partial charge on any atom is 0.186 e. The first-order chi connectivity index (χ1) is 10.4. The molecule has 4 nitrogen and oxygen atoms in total. The van der Waals surface area contributed by atoms with Gasteiger partial charge < -0.3 is 10.6 Å². The third-order valence-electron chi connectivity index (χ3n) is 4.18. The Morgan fingerprint density at radius 3 is 2.32 bits per heavy atom.